The van der Waals surface area contributed by atoms with Gasteiger partial charge in [0.15, 0.2) is 0 Å². The molecule has 2 rings (SSSR count). The van der Waals surface area contributed by atoms with E-state index in [1.807, 2.05) is 18.5 Å². The molecule has 2 aromatic heterocycles. The smallest absolute Gasteiger partial charge is 0.295 e. The predicted molar refractivity (Wildman–Crippen MR) is 80.4 cm³/mol. The maximum Gasteiger partial charge on any atom is 0.295 e. The van der Waals surface area contributed by atoms with Crippen LogP contribution in [0.15, 0.2) is 0 Å². The molecule has 0 atom stereocenters. The summed E-state index contributed by atoms with van der Waals surface area (Å²) < 4.78 is 1.89. The van der Waals surface area contributed by atoms with Crippen LogP contribution in [0.25, 0.3) is 0 Å². The van der Waals surface area contributed by atoms with Crippen molar-refractivity contribution >= 4 is 11.6 Å². The van der Waals surface area contributed by atoms with E-state index in [1.165, 1.54) is 0 Å². The van der Waals surface area contributed by atoms with Crippen LogP contribution in [-0.2, 0) is 6.42 Å². The summed E-state index contributed by atoms with van der Waals surface area (Å²) in [4.78, 5) is 16.4. The standard InChI is InChI=1S/C14H22N6O/c1-6-7-11-15-13(18-17-11)14(21)16-12-9(4)19-20(8(2)3)10(12)5/h8H,6-7H2,1-5H3,(H,16,21)(H,15,17,18). The molecule has 0 saturated carbocycles. The SMILES string of the molecule is CCCc1nc(C(=O)Nc2c(C)nn(C(C)C)c2C)n[nH]1. The van der Waals surface area contributed by atoms with Crippen molar-refractivity contribution in [2.24, 2.45) is 0 Å². The Morgan fingerprint density at radius 2 is 2.10 bits per heavy atom. The molecule has 2 aromatic rings. The highest BCUT2D eigenvalue weighted by Gasteiger charge is 2.18. The number of aromatic nitrogens is 5. The minimum Gasteiger partial charge on any atom is -0.316 e. The molecule has 0 aromatic carbocycles. The number of amides is 1. The molecule has 21 heavy (non-hydrogen) atoms. The van der Waals surface area contributed by atoms with Gasteiger partial charge in [-0.05, 0) is 34.1 Å². The van der Waals surface area contributed by atoms with Gasteiger partial charge in [0.2, 0.25) is 5.82 Å². The number of hydrogen-bond donors (Lipinski definition) is 2. The van der Waals surface area contributed by atoms with E-state index in [0.29, 0.717) is 0 Å². The fourth-order valence-electron chi connectivity index (χ4n) is 2.26. The Labute approximate surface area is 124 Å². The van der Waals surface area contributed by atoms with Crippen LogP contribution in [0, 0.1) is 13.8 Å². The highest BCUT2D eigenvalue weighted by atomic mass is 16.2. The van der Waals surface area contributed by atoms with E-state index in [1.54, 1.807) is 0 Å². The molecule has 0 fully saturated rings. The maximum absolute atomic E-state index is 12.2. The normalized spacial score (nSPS) is 11.1. The molecule has 114 valence electrons. The molecule has 0 aliphatic rings. The third kappa shape index (κ3) is 3.12. The first kappa shape index (κ1) is 15.2. The van der Waals surface area contributed by atoms with Gasteiger partial charge in [-0.1, -0.05) is 6.92 Å². The quantitative estimate of drug-likeness (QED) is 0.885. The van der Waals surface area contributed by atoms with Crippen molar-refractivity contribution in [3.8, 4) is 0 Å². The van der Waals surface area contributed by atoms with Crippen molar-refractivity contribution in [2.75, 3.05) is 5.32 Å². The first-order valence-corrected chi connectivity index (χ1v) is 7.22. The van der Waals surface area contributed by atoms with E-state index in [0.717, 1.165) is 35.7 Å². The average Bonchev–Trinajstić information content (AvgIpc) is 2.99. The molecule has 0 aliphatic heterocycles. The van der Waals surface area contributed by atoms with Crippen molar-refractivity contribution in [3.63, 3.8) is 0 Å². The molecular formula is C14H22N6O. The number of anilines is 1. The molecule has 2 N–H and O–H groups in total. The zero-order chi connectivity index (χ0) is 15.6. The van der Waals surface area contributed by atoms with Crippen molar-refractivity contribution in [3.05, 3.63) is 23.0 Å². The van der Waals surface area contributed by atoms with Crippen LogP contribution in [-0.4, -0.2) is 30.9 Å². The minimum atomic E-state index is -0.317. The topological polar surface area (TPSA) is 88.5 Å². The number of carbonyl (C=O) groups excluding carboxylic acids is 1. The predicted octanol–water partition coefficient (Wildman–Crippen LogP) is 2.40. The fourth-order valence-corrected chi connectivity index (χ4v) is 2.26. The molecule has 1 amide bonds. The van der Waals surface area contributed by atoms with Gasteiger partial charge in [-0.2, -0.15) is 5.10 Å². The summed E-state index contributed by atoms with van der Waals surface area (Å²) in [6, 6.07) is 0.244. The lowest BCUT2D eigenvalue weighted by molar-refractivity contribution is 0.101. The molecule has 0 bridgehead atoms. The third-order valence-corrected chi connectivity index (χ3v) is 3.27. The number of hydrogen-bond acceptors (Lipinski definition) is 4. The van der Waals surface area contributed by atoms with Crippen LogP contribution in [0.4, 0.5) is 5.69 Å². The number of nitrogens with zero attached hydrogens (tertiary/aromatic N) is 4. The van der Waals surface area contributed by atoms with Gasteiger partial charge in [-0.15, -0.1) is 5.10 Å². The summed E-state index contributed by atoms with van der Waals surface area (Å²) in [5.41, 5.74) is 2.45. The summed E-state index contributed by atoms with van der Waals surface area (Å²) in [5, 5.41) is 14.0. The van der Waals surface area contributed by atoms with E-state index in [-0.39, 0.29) is 17.8 Å². The number of rotatable bonds is 5. The van der Waals surface area contributed by atoms with Crippen molar-refractivity contribution < 1.29 is 4.79 Å². The molecule has 0 radical (unpaired) electrons. The van der Waals surface area contributed by atoms with Gasteiger partial charge in [0, 0.05) is 12.5 Å². The Hall–Kier alpha value is -2.18. The van der Waals surface area contributed by atoms with Crippen LogP contribution in [0.1, 0.15) is 61.1 Å². The van der Waals surface area contributed by atoms with Crippen molar-refractivity contribution in [1.29, 1.82) is 0 Å². The zero-order valence-corrected chi connectivity index (χ0v) is 13.2. The molecule has 0 aliphatic carbocycles. The Morgan fingerprint density at radius 3 is 2.67 bits per heavy atom. The number of H-pyrrole nitrogens is 1. The molecule has 7 heteroatoms. The van der Waals surface area contributed by atoms with Gasteiger partial charge in [0.05, 0.1) is 17.1 Å². The molecular weight excluding hydrogens is 268 g/mol. The second kappa shape index (κ2) is 6.07. The Bertz CT molecular complexity index is 640. The molecule has 0 saturated heterocycles. The lowest BCUT2D eigenvalue weighted by Crippen LogP contribution is -2.15. The second-order valence-electron chi connectivity index (χ2n) is 5.39. The highest BCUT2D eigenvalue weighted by Crippen LogP contribution is 2.22. The first-order chi connectivity index (χ1) is 9.93. The summed E-state index contributed by atoms with van der Waals surface area (Å²) in [7, 11) is 0. The van der Waals surface area contributed by atoms with Gasteiger partial charge in [0.1, 0.15) is 5.82 Å². The summed E-state index contributed by atoms with van der Waals surface area (Å²) in [5.74, 6) is 0.576. The minimum absolute atomic E-state index is 0.162. The lowest BCUT2D eigenvalue weighted by Gasteiger charge is -2.08. The van der Waals surface area contributed by atoms with Gasteiger partial charge in [-0.3, -0.25) is 14.6 Å². The largest absolute Gasteiger partial charge is 0.316 e. The molecule has 2 heterocycles. The van der Waals surface area contributed by atoms with Crippen molar-refractivity contribution in [2.45, 2.75) is 53.5 Å². The van der Waals surface area contributed by atoms with Gasteiger partial charge in [0.25, 0.3) is 5.91 Å². The van der Waals surface area contributed by atoms with Crippen LogP contribution in [0.2, 0.25) is 0 Å². The van der Waals surface area contributed by atoms with Gasteiger partial charge >= 0.3 is 0 Å². The Kier molecular flexibility index (Phi) is 4.40. The summed E-state index contributed by atoms with van der Waals surface area (Å²) >= 11 is 0. The number of aromatic amines is 1. The second-order valence-corrected chi connectivity index (χ2v) is 5.39. The zero-order valence-electron chi connectivity index (χ0n) is 13.2. The monoisotopic (exact) mass is 290 g/mol. The molecule has 0 spiro atoms. The van der Waals surface area contributed by atoms with E-state index in [2.05, 4.69) is 46.4 Å². The maximum atomic E-state index is 12.2. The molecule has 0 unspecified atom stereocenters. The fraction of sp³-hybridized carbons (Fsp3) is 0.571. The summed E-state index contributed by atoms with van der Waals surface area (Å²) in [6.45, 7) is 9.97. The van der Waals surface area contributed by atoms with Gasteiger partial charge < -0.3 is 5.32 Å². The summed E-state index contributed by atoms with van der Waals surface area (Å²) in [6.07, 6.45) is 1.74. The average molecular weight is 290 g/mol. The van der Waals surface area contributed by atoms with E-state index < -0.39 is 0 Å². The number of carbonyl (C=O) groups is 1. The van der Waals surface area contributed by atoms with Crippen LogP contribution in [0.5, 0.6) is 0 Å². The first-order valence-electron chi connectivity index (χ1n) is 7.22. The highest BCUT2D eigenvalue weighted by molar-refractivity contribution is 6.02. The van der Waals surface area contributed by atoms with E-state index in [9.17, 15) is 4.79 Å². The molecule has 7 nitrogen and oxygen atoms in total. The van der Waals surface area contributed by atoms with Crippen LogP contribution < -0.4 is 5.32 Å². The van der Waals surface area contributed by atoms with Crippen LogP contribution in [0.3, 0.4) is 0 Å². The Balaban J connectivity index is 2.19. The number of nitrogens with one attached hydrogen (secondary N) is 2. The van der Waals surface area contributed by atoms with Gasteiger partial charge in [-0.25, -0.2) is 4.98 Å². The van der Waals surface area contributed by atoms with Crippen LogP contribution >= 0.6 is 0 Å². The van der Waals surface area contributed by atoms with Crippen molar-refractivity contribution in [1.82, 2.24) is 25.0 Å². The Morgan fingerprint density at radius 1 is 1.38 bits per heavy atom. The van der Waals surface area contributed by atoms with E-state index >= 15 is 0 Å². The van der Waals surface area contributed by atoms with E-state index in [4.69, 9.17) is 0 Å². The third-order valence-electron chi connectivity index (χ3n) is 3.27. The number of aryl methyl sites for hydroxylation is 2. The lowest BCUT2D eigenvalue weighted by atomic mass is 10.3.